The molecule has 104 valence electrons. The van der Waals surface area contributed by atoms with Gasteiger partial charge in [-0.1, -0.05) is 26.8 Å². The normalized spacial score (nSPS) is 11.2. The van der Waals surface area contributed by atoms with Crippen LogP contribution in [0.1, 0.15) is 36.2 Å². The van der Waals surface area contributed by atoms with Crippen molar-refractivity contribution in [3.63, 3.8) is 0 Å². The molecule has 0 aliphatic heterocycles. The number of halogens is 1. The predicted octanol–water partition coefficient (Wildman–Crippen LogP) is 4.06. The Morgan fingerprint density at radius 3 is 2.75 bits per heavy atom. The molecule has 1 heterocycles. The van der Waals surface area contributed by atoms with E-state index < -0.39 is 5.82 Å². The minimum atomic E-state index is -0.503. The number of benzene rings is 1. The summed E-state index contributed by atoms with van der Waals surface area (Å²) in [6, 6.07) is 6.46. The average Bonchev–Trinajstić information content (AvgIpc) is 2.85. The van der Waals surface area contributed by atoms with Crippen molar-refractivity contribution in [2.24, 2.45) is 0 Å². The van der Waals surface area contributed by atoms with E-state index in [-0.39, 0.29) is 11.0 Å². The van der Waals surface area contributed by atoms with E-state index in [0.717, 1.165) is 9.88 Å². The molecule has 0 fully saturated rings. The first-order chi connectivity index (χ1) is 9.41. The number of hydrogen-bond acceptors (Lipinski definition) is 4. The monoisotopic (exact) mass is 289 g/mol. The molecule has 2 rings (SSSR count). The lowest BCUT2D eigenvalue weighted by atomic mass is 9.98. The molecule has 0 bridgehead atoms. The Morgan fingerprint density at radius 1 is 1.40 bits per heavy atom. The second-order valence-corrected chi connectivity index (χ2v) is 6.62. The fourth-order valence-electron chi connectivity index (χ4n) is 1.70. The van der Waals surface area contributed by atoms with Crippen LogP contribution in [0.3, 0.4) is 0 Å². The highest BCUT2D eigenvalue weighted by atomic mass is 32.1. The first-order valence-electron chi connectivity index (χ1n) is 6.29. The van der Waals surface area contributed by atoms with Gasteiger partial charge in [-0.25, -0.2) is 9.37 Å². The minimum Gasteiger partial charge on any atom is -0.379 e. The first-order valence-corrected chi connectivity index (χ1v) is 7.11. The molecule has 20 heavy (non-hydrogen) atoms. The Hall–Kier alpha value is -1.93. The summed E-state index contributed by atoms with van der Waals surface area (Å²) in [5.74, 6) is -0.503. The van der Waals surface area contributed by atoms with Crippen LogP contribution in [0.25, 0.3) is 0 Å². The molecule has 0 aliphatic rings. The van der Waals surface area contributed by atoms with E-state index in [1.54, 1.807) is 23.5 Å². The van der Waals surface area contributed by atoms with Gasteiger partial charge in [-0.05, 0) is 12.1 Å². The largest absolute Gasteiger partial charge is 0.379 e. The van der Waals surface area contributed by atoms with E-state index in [4.69, 9.17) is 5.26 Å². The molecule has 0 atom stereocenters. The van der Waals surface area contributed by atoms with Crippen molar-refractivity contribution in [1.82, 2.24) is 4.98 Å². The summed E-state index contributed by atoms with van der Waals surface area (Å²) in [7, 11) is 0. The SMILES string of the molecule is CC(C)(C)c1ncc(CNc2cccc(F)c2C#N)s1. The lowest BCUT2D eigenvalue weighted by Gasteiger charge is -2.13. The molecule has 1 aromatic heterocycles. The Balaban J connectivity index is 2.12. The van der Waals surface area contributed by atoms with Crippen molar-refractivity contribution in [2.75, 3.05) is 5.32 Å². The quantitative estimate of drug-likeness (QED) is 0.926. The van der Waals surface area contributed by atoms with E-state index in [2.05, 4.69) is 31.1 Å². The van der Waals surface area contributed by atoms with Gasteiger partial charge >= 0.3 is 0 Å². The van der Waals surface area contributed by atoms with Crippen molar-refractivity contribution in [1.29, 1.82) is 5.26 Å². The van der Waals surface area contributed by atoms with Crippen molar-refractivity contribution in [3.8, 4) is 6.07 Å². The van der Waals surface area contributed by atoms with Gasteiger partial charge < -0.3 is 5.32 Å². The predicted molar refractivity (Wildman–Crippen MR) is 79.3 cm³/mol. The smallest absolute Gasteiger partial charge is 0.143 e. The summed E-state index contributed by atoms with van der Waals surface area (Å²) in [6.45, 7) is 6.88. The molecule has 0 saturated heterocycles. The summed E-state index contributed by atoms with van der Waals surface area (Å²) in [4.78, 5) is 5.46. The van der Waals surface area contributed by atoms with Crippen LogP contribution in [0.2, 0.25) is 0 Å². The Labute approximate surface area is 122 Å². The highest BCUT2D eigenvalue weighted by Crippen LogP contribution is 2.27. The molecule has 0 amide bonds. The molecule has 0 spiro atoms. The Kier molecular flexibility index (Phi) is 4.05. The summed E-state index contributed by atoms with van der Waals surface area (Å²) in [5, 5.41) is 13.1. The first kappa shape index (κ1) is 14.5. The van der Waals surface area contributed by atoms with Gasteiger partial charge in [-0.15, -0.1) is 11.3 Å². The third-order valence-electron chi connectivity index (χ3n) is 2.77. The van der Waals surface area contributed by atoms with Crippen molar-refractivity contribution >= 4 is 17.0 Å². The highest BCUT2D eigenvalue weighted by Gasteiger charge is 2.18. The van der Waals surface area contributed by atoms with Crippen LogP contribution in [0.5, 0.6) is 0 Å². The number of thiazole rings is 1. The van der Waals surface area contributed by atoms with Crippen LogP contribution in [0.15, 0.2) is 24.4 Å². The maximum atomic E-state index is 13.5. The third-order valence-corrected chi connectivity index (χ3v) is 4.20. The second kappa shape index (κ2) is 5.59. The summed E-state index contributed by atoms with van der Waals surface area (Å²) in [5.41, 5.74) is 0.589. The van der Waals surface area contributed by atoms with Crippen LogP contribution in [0, 0.1) is 17.1 Å². The fourth-order valence-corrected chi connectivity index (χ4v) is 2.61. The zero-order valence-corrected chi connectivity index (χ0v) is 12.5. The molecular formula is C15H16FN3S. The zero-order valence-electron chi connectivity index (χ0n) is 11.7. The topological polar surface area (TPSA) is 48.7 Å². The molecular weight excluding hydrogens is 273 g/mol. The van der Waals surface area contributed by atoms with Crippen LogP contribution in [0.4, 0.5) is 10.1 Å². The number of hydrogen-bond donors (Lipinski definition) is 1. The third kappa shape index (κ3) is 3.14. The van der Waals surface area contributed by atoms with Gasteiger partial charge in [0.15, 0.2) is 0 Å². The fraction of sp³-hybridized carbons (Fsp3) is 0.333. The highest BCUT2D eigenvalue weighted by molar-refractivity contribution is 7.11. The number of nitrogens with one attached hydrogen (secondary N) is 1. The number of aromatic nitrogens is 1. The van der Waals surface area contributed by atoms with Crippen LogP contribution >= 0.6 is 11.3 Å². The molecule has 1 aromatic carbocycles. The number of nitrogens with zero attached hydrogens (tertiary/aromatic N) is 2. The van der Waals surface area contributed by atoms with Crippen molar-refractivity contribution in [2.45, 2.75) is 32.7 Å². The average molecular weight is 289 g/mol. The van der Waals surface area contributed by atoms with Crippen LogP contribution < -0.4 is 5.32 Å². The van der Waals surface area contributed by atoms with Crippen molar-refractivity contribution < 1.29 is 4.39 Å². The van der Waals surface area contributed by atoms with Gasteiger partial charge in [0, 0.05) is 16.5 Å². The molecule has 0 saturated carbocycles. The lowest BCUT2D eigenvalue weighted by molar-refractivity contribution is 0.585. The van der Waals surface area contributed by atoms with E-state index in [1.165, 1.54) is 6.07 Å². The van der Waals surface area contributed by atoms with E-state index in [9.17, 15) is 4.39 Å². The van der Waals surface area contributed by atoms with Gasteiger partial charge in [0.1, 0.15) is 17.4 Å². The number of rotatable bonds is 3. The Bertz CT molecular complexity index is 650. The van der Waals surface area contributed by atoms with Gasteiger partial charge in [0.2, 0.25) is 0 Å². The molecule has 0 radical (unpaired) electrons. The zero-order chi connectivity index (χ0) is 14.8. The molecule has 1 N–H and O–H groups in total. The maximum Gasteiger partial charge on any atom is 0.143 e. The molecule has 0 unspecified atom stereocenters. The van der Waals surface area contributed by atoms with Gasteiger partial charge in [-0.2, -0.15) is 5.26 Å². The maximum absolute atomic E-state index is 13.5. The molecule has 3 nitrogen and oxygen atoms in total. The second-order valence-electron chi connectivity index (χ2n) is 5.51. The van der Waals surface area contributed by atoms with E-state index >= 15 is 0 Å². The van der Waals surface area contributed by atoms with E-state index in [1.807, 2.05) is 12.3 Å². The van der Waals surface area contributed by atoms with Crippen molar-refractivity contribution in [3.05, 3.63) is 45.7 Å². The number of anilines is 1. The van der Waals surface area contributed by atoms with Gasteiger partial charge in [-0.3, -0.25) is 0 Å². The standard InChI is InChI=1S/C15H16FN3S/c1-15(2,3)14-19-9-10(20-14)8-18-13-6-4-5-12(16)11(13)7-17/h4-6,9,18H,8H2,1-3H3. The molecule has 0 aliphatic carbocycles. The number of nitriles is 1. The van der Waals surface area contributed by atoms with Gasteiger partial charge in [0.25, 0.3) is 0 Å². The molecule has 5 heteroatoms. The van der Waals surface area contributed by atoms with Gasteiger partial charge in [0.05, 0.1) is 17.2 Å². The summed E-state index contributed by atoms with van der Waals surface area (Å²) < 4.78 is 13.5. The van der Waals surface area contributed by atoms with Crippen LogP contribution in [-0.2, 0) is 12.0 Å². The summed E-state index contributed by atoms with van der Waals surface area (Å²) in [6.07, 6.45) is 1.82. The minimum absolute atomic E-state index is 0.0274. The molecule has 2 aromatic rings. The lowest BCUT2D eigenvalue weighted by Crippen LogP contribution is -2.09. The Morgan fingerprint density at radius 2 is 2.15 bits per heavy atom. The summed E-state index contributed by atoms with van der Waals surface area (Å²) >= 11 is 1.63. The van der Waals surface area contributed by atoms with Crippen LogP contribution in [-0.4, -0.2) is 4.98 Å². The van der Waals surface area contributed by atoms with E-state index in [0.29, 0.717) is 12.2 Å².